The summed E-state index contributed by atoms with van der Waals surface area (Å²) >= 11 is 1.55. The number of ether oxygens (including phenoxy) is 1. The van der Waals surface area contributed by atoms with Crippen LogP contribution in [0.15, 0.2) is 75.2 Å². The third kappa shape index (κ3) is 4.09. The van der Waals surface area contributed by atoms with Gasteiger partial charge in [-0.3, -0.25) is 13.9 Å². The molecule has 0 saturated carbocycles. The zero-order valence-electron chi connectivity index (χ0n) is 17.8. The average molecular weight is 434 g/mol. The van der Waals surface area contributed by atoms with Crippen LogP contribution in [0, 0.1) is 6.92 Å². The van der Waals surface area contributed by atoms with Gasteiger partial charge in [0, 0.05) is 29.4 Å². The molecule has 1 heterocycles. The van der Waals surface area contributed by atoms with Crippen LogP contribution in [0.25, 0.3) is 11.0 Å². The fourth-order valence-corrected chi connectivity index (χ4v) is 4.29. The van der Waals surface area contributed by atoms with Crippen molar-refractivity contribution in [3.63, 3.8) is 0 Å². The Morgan fingerprint density at radius 3 is 2.16 bits per heavy atom. The van der Waals surface area contributed by atoms with Crippen molar-refractivity contribution >= 4 is 34.4 Å². The van der Waals surface area contributed by atoms with E-state index in [1.807, 2.05) is 31.2 Å². The molecule has 158 valence electrons. The number of amides is 1. The minimum atomic E-state index is -0.228. The van der Waals surface area contributed by atoms with E-state index in [0.29, 0.717) is 17.0 Å². The lowest BCUT2D eigenvalue weighted by molar-refractivity contribution is 0.102. The van der Waals surface area contributed by atoms with E-state index in [2.05, 4.69) is 17.4 Å². The Bertz CT molecular complexity index is 1320. The SMILES string of the molecule is COc1ccc(C(=O)Nc2cc3c(cc2Sc2ccc(C)cc2)n(C)c(=O)n3C)cc1. The summed E-state index contributed by atoms with van der Waals surface area (Å²) in [4.78, 5) is 27.3. The fraction of sp³-hybridized carbons (Fsp3) is 0.167. The van der Waals surface area contributed by atoms with Gasteiger partial charge in [0.1, 0.15) is 5.75 Å². The van der Waals surface area contributed by atoms with E-state index in [9.17, 15) is 9.59 Å². The van der Waals surface area contributed by atoms with Gasteiger partial charge in [0.25, 0.3) is 5.91 Å². The van der Waals surface area contributed by atoms with Crippen LogP contribution >= 0.6 is 11.8 Å². The Labute approximate surface area is 184 Å². The monoisotopic (exact) mass is 433 g/mol. The molecule has 0 aliphatic rings. The van der Waals surface area contributed by atoms with Crippen molar-refractivity contribution in [2.45, 2.75) is 16.7 Å². The van der Waals surface area contributed by atoms with Gasteiger partial charge >= 0.3 is 5.69 Å². The molecule has 0 aliphatic carbocycles. The quantitative estimate of drug-likeness (QED) is 0.500. The van der Waals surface area contributed by atoms with Gasteiger partial charge in [-0.1, -0.05) is 29.5 Å². The standard InChI is InChI=1S/C24H23N3O3S/c1-15-5-11-18(12-6-15)31-22-14-21-20(26(2)24(29)27(21)3)13-19(22)25-23(28)16-7-9-17(30-4)10-8-16/h5-14H,1-4H3,(H,25,28). The van der Waals surface area contributed by atoms with Gasteiger partial charge in [-0.05, 0) is 55.5 Å². The van der Waals surface area contributed by atoms with Crippen molar-refractivity contribution in [1.82, 2.24) is 9.13 Å². The summed E-state index contributed by atoms with van der Waals surface area (Å²) in [7, 11) is 5.07. The lowest BCUT2D eigenvalue weighted by Crippen LogP contribution is -2.19. The van der Waals surface area contributed by atoms with Crippen LogP contribution in [0.4, 0.5) is 5.69 Å². The molecule has 0 bridgehead atoms. The van der Waals surface area contributed by atoms with E-state index in [1.54, 1.807) is 66.4 Å². The molecule has 3 aromatic carbocycles. The maximum atomic E-state index is 12.9. The highest BCUT2D eigenvalue weighted by atomic mass is 32.2. The minimum Gasteiger partial charge on any atom is -0.497 e. The van der Waals surface area contributed by atoms with Crippen molar-refractivity contribution in [1.29, 1.82) is 0 Å². The predicted octanol–water partition coefficient (Wildman–Crippen LogP) is 4.60. The van der Waals surface area contributed by atoms with Crippen molar-refractivity contribution in [2.75, 3.05) is 12.4 Å². The van der Waals surface area contributed by atoms with E-state index in [4.69, 9.17) is 4.74 Å². The van der Waals surface area contributed by atoms with Gasteiger partial charge in [0.2, 0.25) is 0 Å². The summed E-state index contributed by atoms with van der Waals surface area (Å²) in [5.74, 6) is 0.460. The van der Waals surface area contributed by atoms with Crippen LogP contribution in [0.1, 0.15) is 15.9 Å². The number of carbonyl (C=O) groups is 1. The molecule has 0 unspecified atom stereocenters. The molecule has 1 aromatic heterocycles. The number of aromatic nitrogens is 2. The molecule has 0 aliphatic heterocycles. The number of carbonyl (C=O) groups excluding carboxylic acids is 1. The maximum absolute atomic E-state index is 12.9. The third-order valence-corrected chi connectivity index (χ3v) is 6.29. The maximum Gasteiger partial charge on any atom is 0.328 e. The predicted molar refractivity (Wildman–Crippen MR) is 124 cm³/mol. The van der Waals surface area contributed by atoms with E-state index in [-0.39, 0.29) is 11.6 Å². The molecule has 6 nitrogen and oxygen atoms in total. The summed E-state index contributed by atoms with van der Waals surface area (Å²) < 4.78 is 8.36. The van der Waals surface area contributed by atoms with Crippen LogP contribution in [0.5, 0.6) is 5.75 Å². The first-order chi connectivity index (χ1) is 14.9. The first-order valence-corrected chi connectivity index (χ1v) is 10.6. The molecule has 7 heteroatoms. The molecule has 0 fully saturated rings. The molecule has 0 radical (unpaired) electrons. The Hall–Kier alpha value is -3.45. The number of hydrogen-bond acceptors (Lipinski definition) is 4. The molecule has 0 saturated heterocycles. The molecule has 31 heavy (non-hydrogen) atoms. The van der Waals surface area contributed by atoms with Gasteiger partial charge in [-0.15, -0.1) is 0 Å². The molecular formula is C24H23N3O3S. The third-order valence-electron chi connectivity index (χ3n) is 5.22. The van der Waals surface area contributed by atoms with Crippen molar-refractivity contribution in [2.24, 2.45) is 14.1 Å². The summed E-state index contributed by atoms with van der Waals surface area (Å²) in [6.45, 7) is 2.04. The summed E-state index contributed by atoms with van der Waals surface area (Å²) in [6, 6.07) is 18.9. The molecule has 4 rings (SSSR count). The van der Waals surface area contributed by atoms with Gasteiger partial charge in [-0.2, -0.15) is 0 Å². The smallest absolute Gasteiger partial charge is 0.328 e. The number of benzene rings is 3. The van der Waals surface area contributed by atoms with Crippen LogP contribution in [-0.2, 0) is 14.1 Å². The number of aryl methyl sites for hydroxylation is 3. The van der Waals surface area contributed by atoms with Crippen molar-refractivity contribution in [3.05, 3.63) is 82.3 Å². The summed E-state index contributed by atoms with van der Waals surface area (Å²) in [6.07, 6.45) is 0. The number of nitrogens with zero attached hydrogens (tertiary/aromatic N) is 2. The normalized spacial score (nSPS) is 11.0. The highest BCUT2D eigenvalue weighted by Crippen LogP contribution is 2.36. The van der Waals surface area contributed by atoms with Crippen LogP contribution in [0.2, 0.25) is 0 Å². The summed E-state index contributed by atoms with van der Waals surface area (Å²) in [5.41, 5.74) is 3.81. The largest absolute Gasteiger partial charge is 0.497 e. The lowest BCUT2D eigenvalue weighted by Gasteiger charge is -2.13. The molecule has 1 amide bonds. The first-order valence-electron chi connectivity index (χ1n) is 9.77. The number of rotatable bonds is 5. The molecular weight excluding hydrogens is 410 g/mol. The second-order valence-corrected chi connectivity index (χ2v) is 8.45. The number of nitrogens with one attached hydrogen (secondary N) is 1. The fourth-order valence-electron chi connectivity index (χ4n) is 3.38. The second kappa shape index (κ2) is 8.35. The number of anilines is 1. The van der Waals surface area contributed by atoms with Crippen molar-refractivity contribution < 1.29 is 9.53 Å². The number of methoxy groups -OCH3 is 1. The zero-order chi connectivity index (χ0) is 22.1. The topological polar surface area (TPSA) is 65.3 Å². The van der Waals surface area contributed by atoms with Gasteiger partial charge in [-0.25, -0.2) is 4.79 Å². The van der Waals surface area contributed by atoms with E-state index >= 15 is 0 Å². The molecule has 1 N–H and O–H groups in total. The van der Waals surface area contributed by atoms with Gasteiger partial charge in [0.05, 0.1) is 23.8 Å². The van der Waals surface area contributed by atoms with E-state index in [0.717, 1.165) is 20.8 Å². The minimum absolute atomic E-state index is 0.111. The Kier molecular flexibility index (Phi) is 5.61. The molecule has 0 spiro atoms. The molecule has 0 atom stereocenters. The highest BCUT2D eigenvalue weighted by molar-refractivity contribution is 7.99. The van der Waals surface area contributed by atoms with Crippen LogP contribution in [0.3, 0.4) is 0 Å². The van der Waals surface area contributed by atoms with Crippen molar-refractivity contribution in [3.8, 4) is 5.75 Å². The molecule has 4 aromatic rings. The van der Waals surface area contributed by atoms with E-state index < -0.39 is 0 Å². The first kappa shape index (κ1) is 20.8. The highest BCUT2D eigenvalue weighted by Gasteiger charge is 2.16. The van der Waals surface area contributed by atoms with Gasteiger partial charge < -0.3 is 10.1 Å². The van der Waals surface area contributed by atoms with Gasteiger partial charge in [0.15, 0.2) is 0 Å². The number of imidazole rings is 1. The Morgan fingerprint density at radius 1 is 0.935 bits per heavy atom. The summed E-state index contributed by atoms with van der Waals surface area (Å²) in [5, 5.41) is 3.02. The van der Waals surface area contributed by atoms with Crippen LogP contribution < -0.4 is 15.7 Å². The lowest BCUT2D eigenvalue weighted by atomic mass is 10.2. The van der Waals surface area contributed by atoms with E-state index in [1.165, 1.54) is 5.56 Å². The Balaban J connectivity index is 1.76. The number of hydrogen-bond donors (Lipinski definition) is 1. The van der Waals surface area contributed by atoms with Crippen LogP contribution in [-0.4, -0.2) is 22.2 Å². The second-order valence-electron chi connectivity index (χ2n) is 7.34. The average Bonchev–Trinajstić information content (AvgIpc) is 2.99. The Morgan fingerprint density at radius 2 is 1.55 bits per heavy atom. The zero-order valence-corrected chi connectivity index (χ0v) is 18.6. The number of fused-ring (bicyclic) bond motifs is 1.